The maximum absolute atomic E-state index is 12.7. The van der Waals surface area contributed by atoms with Gasteiger partial charge in [-0.15, -0.1) is 0 Å². The van der Waals surface area contributed by atoms with Crippen molar-refractivity contribution in [1.29, 1.82) is 0 Å². The summed E-state index contributed by atoms with van der Waals surface area (Å²) in [7, 11) is -2.57. The van der Waals surface area contributed by atoms with Crippen LogP contribution in [0.15, 0.2) is 29.2 Å². The fraction of sp³-hybridized carbons (Fsp3) is 0.273. The van der Waals surface area contributed by atoms with E-state index in [1.54, 1.807) is 0 Å². The van der Waals surface area contributed by atoms with Gasteiger partial charge in [0, 0.05) is 7.05 Å². The van der Waals surface area contributed by atoms with Crippen LogP contribution in [0.1, 0.15) is 0 Å². The summed E-state index contributed by atoms with van der Waals surface area (Å²) in [6.07, 6.45) is 0. The molecule has 0 aliphatic rings. The first-order valence-corrected chi connectivity index (χ1v) is 6.95. The zero-order valence-electron chi connectivity index (χ0n) is 10.6. The molecule has 1 aromatic rings. The highest BCUT2D eigenvalue weighted by molar-refractivity contribution is 7.89. The van der Waals surface area contributed by atoms with Crippen molar-refractivity contribution in [3.63, 3.8) is 0 Å². The monoisotopic (exact) mass is 304 g/mol. The van der Waals surface area contributed by atoms with Crippen LogP contribution in [0.5, 0.6) is 0 Å². The zero-order chi connectivity index (χ0) is 15.2. The van der Waals surface area contributed by atoms with Crippen molar-refractivity contribution in [3.05, 3.63) is 30.1 Å². The van der Waals surface area contributed by atoms with Crippen LogP contribution in [0.25, 0.3) is 0 Å². The van der Waals surface area contributed by atoms with Gasteiger partial charge in [-0.1, -0.05) is 0 Å². The van der Waals surface area contributed by atoms with E-state index >= 15 is 0 Å². The number of benzene rings is 1. The molecule has 0 unspecified atom stereocenters. The number of carbonyl (C=O) groups excluding carboxylic acids is 2. The Bertz CT molecular complexity index is 585. The van der Waals surface area contributed by atoms with Crippen LogP contribution in [-0.4, -0.2) is 40.5 Å². The van der Waals surface area contributed by atoms with Crippen molar-refractivity contribution in [2.75, 3.05) is 20.2 Å². The minimum atomic E-state index is -3.93. The standard InChI is InChI=1S/C11H13FN2O5S/c1-13-10(15)7-19-11(16)6-14-20(17,18)9-4-2-8(12)3-5-9/h2-5,14H,6-7H2,1H3,(H,13,15). The van der Waals surface area contributed by atoms with E-state index in [1.165, 1.54) is 7.05 Å². The van der Waals surface area contributed by atoms with Crippen LogP contribution in [0, 0.1) is 5.82 Å². The van der Waals surface area contributed by atoms with Gasteiger partial charge in [-0.25, -0.2) is 12.8 Å². The van der Waals surface area contributed by atoms with Crippen LogP contribution in [0.3, 0.4) is 0 Å². The number of likely N-dealkylation sites (N-methyl/N-ethyl adjacent to an activating group) is 1. The number of amides is 1. The van der Waals surface area contributed by atoms with Crippen molar-refractivity contribution in [2.24, 2.45) is 0 Å². The van der Waals surface area contributed by atoms with Gasteiger partial charge in [0.25, 0.3) is 5.91 Å². The summed E-state index contributed by atoms with van der Waals surface area (Å²) in [6, 6.07) is 4.10. The van der Waals surface area contributed by atoms with Crippen molar-refractivity contribution in [1.82, 2.24) is 10.0 Å². The van der Waals surface area contributed by atoms with Crippen molar-refractivity contribution in [3.8, 4) is 0 Å². The van der Waals surface area contributed by atoms with E-state index in [0.29, 0.717) is 0 Å². The number of carbonyl (C=O) groups is 2. The van der Waals surface area contributed by atoms with Crippen LogP contribution in [-0.2, 0) is 24.3 Å². The smallest absolute Gasteiger partial charge is 0.321 e. The average molecular weight is 304 g/mol. The summed E-state index contributed by atoms with van der Waals surface area (Å²) >= 11 is 0. The molecule has 0 saturated carbocycles. The van der Waals surface area contributed by atoms with E-state index in [4.69, 9.17) is 0 Å². The van der Waals surface area contributed by atoms with Gasteiger partial charge in [0.15, 0.2) is 6.61 Å². The lowest BCUT2D eigenvalue weighted by Gasteiger charge is -2.07. The van der Waals surface area contributed by atoms with Crippen LogP contribution < -0.4 is 10.0 Å². The Balaban J connectivity index is 2.53. The number of hydrogen-bond acceptors (Lipinski definition) is 5. The summed E-state index contributed by atoms with van der Waals surface area (Å²) < 4.78 is 42.6. The first-order chi connectivity index (χ1) is 9.35. The van der Waals surface area contributed by atoms with Gasteiger partial charge in [0.2, 0.25) is 10.0 Å². The van der Waals surface area contributed by atoms with Gasteiger partial charge >= 0.3 is 5.97 Å². The molecule has 0 aromatic heterocycles. The average Bonchev–Trinajstić information content (AvgIpc) is 2.43. The number of halogens is 1. The lowest BCUT2D eigenvalue weighted by molar-refractivity contribution is -0.147. The van der Waals surface area contributed by atoms with Gasteiger partial charge in [0.1, 0.15) is 12.4 Å². The van der Waals surface area contributed by atoms with Gasteiger partial charge < -0.3 is 10.1 Å². The fourth-order valence-corrected chi connectivity index (χ4v) is 2.09. The lowest BCUT2D eigenvalue weighted by Crippen LogP contribution is -2.33. The minimum absolute atomic E-state index is 0.182. The minimum Gasteiger partial charge on any atom is -0.455 e. The topological polar surface area (TPSA) is 102 Å². The Morgan fingerprint density at radius 1 is 1.25 bits per heavy atom. The van der Waals surface area contributed by atoms with E-state index in [0.717, 1.165) is 24.3 Å². The van der Waals surface area contributed by atoms with Crippen molar-refractivity contribution in [2.45, 2.75) is 4.90 Å². The normalized spacial score (nSPS) is 10.9. The zero-order valence-corrected chi connectivity index (χ0v) is 11.4. The molecule has 0 heterocycles. The highest BCUT2D eigenvalue weighted by atomic mass is 32.2. The predicted octanol–water partition coefficient (Wildman–Crippen LogP) is -0.607. The molecule has 0 spiro atoms. The predicted molar refractivity (Wildman–Crippen MR) is 66.6 cm³/mol. The summed E-state index contributed by atoms with van der Waals surface area (Å²) in [5.74, 6) is -1.99. The molecule has 2 N–H and O–H groups in total. The molecule has 0 saturated heterocycles. The van der Waals surface area contributed by atoms with Gasteiger partial charge in [-0.3, -0.25) is 9.59 Å². The summed E-state index contributed by atoms with van der Waals surface area (Å²) in [5, 5.41) is 2.23. The lowest BCUT2D eigenvalue weighted by atomic mass is 10.4. The van der Waals surface area contributed by atoms with E-state index in [9.17, 15) is 22.4 Å². The molecule has 110 valence electrons. The molecule has 1 amide bonds. The van der Waals surface area contributed by atoms with E-state index in [1.807, 2.05) is 4.72 Å². The molecule has 0 radical (unpaired) electrons. The number of sulfonamides is 1. The Morgan fingerprint density at radius 3 is 2.40 bits per heavy atom. The first kappa shape index (κ1) is 16.1. The Hall–Kier alpha value is -2.00. The van der Waals surface area contributed by atoms with Crippen molar-refractivity contribution < 1.29 is 27.1 Å². The van der Waals surface area contributed by atoms with Crippen LogP contribution >= 0.6 is 0 Å². The molecule has 1 rings (SSSR count). The summed E-state index contributed by atoms with van der Waals surface area (Å²) in [4.78, 5) is 21.8. The number of hydrogen-bond donors (Lipinski definition) is 2. The van der Waals surface area contributed by atoms with Gasteiger partial charge in [0.05, 0.1) is 4.90 Å². The fourth-order valence-electron chi connectivity index (χ4n) is 1.12. The SMILES string of the molecule is CNC(=O)COC(=O)CNS(=O)(=O)c1ccc(F)cc1. The molecule has 0 atom stereocenters. The maximum Gasteiger partial charge on any atom is 0.321 e. The maximum atomic E-state index is 12.7. The molecule has 1 aromatic carbocycles. The van der Waals surface area contributed by atoms with Crippen LogP contribution in [0.2, 0.25) is 0 Å². The van der Waals surface area contributed by atoms with Crippen LogP contribution in [0.4, 0.5) is 4.39 Å². The summed E-state index contributed by atoms with van der Waals surface area (Å²) in [5.41, 5.74) is 0. The second-order valence-electron chi connectivity index (χ2n) is 3.61. The van der Waals surface area contributed by atoms with E-state index in [2.05, 4.69) is 10.1 Å². The van der Waals surface area contributed by atoms with E-state index in [-0.39, 0.29) is 4.90 Å². The molecular formula is C11H13FN2O5S. The third-order valence-electron chi connectivity index (χ3n) is 2.17. The van der Waals surface area contributed by atoms with E-state index < -0.39 is 40.9 Å². The third-order valence-corrected chi connectivity index (χ3v) is 3.59. The number of nitrogens with one attached hydrogen (secondary N) is 2. The molecular weight excluding hydrogens is 291 g/mol. The highest BCUT2D eigenvalue weighted by Crippen LogP contribution is 2.09. The number of esters is 1. The number of rotatable bonds is 6. The molecule has 0 aliphatic carbocycles. The van der Waals surface area contributed by atoms with Gasteiger partial charge in [-0.05, 0) is 24.3 Å². The molecule has 0 fully saturated rings. The molecule has 7 nitrogen and oxygen atoms in total. The van der Waals surface area contributed by atoms with Gasteiger partial charge in [-0.2, -0.15) is 4.72 Å². The molecule has 0 aliphatic heterocycles. The quantitative estimate of drug-likeness (QED) is 0.683. The molecule has 20 heavy (non-hydrogen) atoms. The Kier molecular flexibility index (Phi) is 5.59. The Labute approximate surface area is 115 Å². The summed E-state index contributed by atoms with van der Waals surface area (Å²) in [6.45, 7) is -1.12. The molecule has 9 heteroatoms. The Morgan fingerprint density at radius 2 is 1.85 bits per heavy atom. The second kappa shape index (κ2) is 6.96. The largest absolute Gasteiger partial charge is 0.455 e. The molecule has 0 bridgehead atoms. The second-order valence-corrected chi connectivity index (χ2v) is 5.38. The number of ether oxygens (including phenoxy) is 1. The first-order valence-electron chi connectivity index (χ1n) is 5.46. The third kappa shape index (κ3) is 4.94. The van der Waals surface area contributed by atoms with Crippen molar-refractivity contribution >= 4 is 21.9 Å². The highest BCUT2D eigenvalue weighted by Gasteiger charge is 2.16.